The van der Waals surface area contributed by atoms with E-state index in [0.29, 0.717) is 11.2 Å². The molecule has 0 saturated carbocycles. The quantitative estimate of drug-likeness (QED) is 0.473. The van der Waals surface area contributed by atoms with Gasteiger partial charge < -0.3 is 4.48 Å². The Bertz CT molecular complexity index is 93.9. The van der Waals surface area contributed by atoms with Crippen molar-refractivity contribution in [3.05, 3.63) is 0 Å². The van der Waals surface area contributed by atoms with E-state index >= 15 is 0 Å². The third-order valence-electron chi connectivity index (χ3n) is 1.66. The molecule has 2 heteroatoms. The lowest BCUT2D eigenvalue weighted by atomic mass is 10.1. The molecular formula is C8H20NS+. The van der Waals surface area contributed by atoms with E-state index in [2.05, 4.69) is 47.6 Å². The molecule has 0 N–H and O–H groups in total. The van der Waals surface area contributed by atoms with Gasteiger partial charge in [-0.05, 0) is 0 Å². The van der Waals surface area contributed by atoms with Crippen LogP contribution in [0.4, 0.5) is 0 Å². The molecule has 0 spiro atoms. The highest BCUT2D eigenvalue weighted by atomic mass is 32.1. The average molecular weight is 162 g/mol. The summed E-state index contributed by atoms with van der Waals surface area (Å²) < 4.78 is 1.03. The van der Waals surface area contributed by atoms with Gasteiger partial charge in [0, 0.05) is 11.2 Å². The van der Waals surface area contributed by atoms with E-state index < -0.39 is 0 Å². The average Bonchev–Trinajstić information content (AvgIpc) is 1.60. The van der Waals surface area contributed by atoms with Crippen LogP contribution in [0.15, 0.2) is 0 Å². The summed E-state index contributed by atoms with van der Waals surface area (Å²) in [5, 5.41) is 0.511. The van der Waals surface area contributed by atoms with Crippen LogP contribution in [-0.2, 0) is 0 Å². The summed E-state index contributed by atoms with van der Waals surface area (Å²) in [5.41, 5.74) is 0. The Morgan fingerprint density at radius 1 is 1.20 bits per heavy atom. The van der Waals surface area contributed by atoms with Crippen molar-refractivity contribution in [2.75, 3.05) is 27.7 Å². The van der Waals surface area contributed by atoms with E-state index in [-0.39, 0.29) is 0 Å². The molecule has 2 unspecified atom stereocenters. The van der Waals surface area contributed by atoms with Crippen molar-refractivity contribution in [2.24, 2.45) is 5.92 Å². The number of hydrogen-bond donors (Lipinski definition) is 1. The molecule has 1 nitrogen and oxygen atoms in total. The van der Waals surface area contributed by atoms with Crippen LogP contribution in [0.3, 0.4) is 0 Å². The zero-order chi connectivity index (χ0) is 8.36. The van der Waals surface area contributed by atoms with Crippen molar-refractivity contribution in [3.63, 3.8) is 0 Å². The van der Waals surface area contributed by atoms with E-state index in [1.807, 2.05) is 0 Å². The second-order valence-electron chi connectivity index (χ2n) is 4.19. The van der Waals surface area contributed by atoms with Crippen molar-refractivity contribution in [2.45, 2.75) is 19.1 Å². The zero-order valence-corrected chi connectivity index (χ0v) is 8.65. The standard InChI is InChI=1S/C8H19NS/c1-7(8(2)10)6-9(3,4)5/h7-8H,6H2,1-5H3/p+1. The van der Waals surface area contributed by atoms with Gasteiger partial charge in [0.1, 0.15) is 0 Å². The summed E-state index contributed by atoms with van der Waals surface area (Å²) in [4.78, 5) is 0. The highest BCUT2D eigenvalue weighted by Gasteiger charge is 2.16. The SMILES string of the molecule is CC(S)C(C)C[N+](C)(C)C. The van der Waals surface area contributed by atoms with Gasteiger partial charge in [-0.25, -0.2) is 0 Å². The van der Waals surface area contributed by atoms with Gasteiger partial charge in [-0.15, -0.1) is 0 Å². The predicted octanol–water partition coefficient (Wildman–Crippen LogP) is 1.65. The maximum Gasteiger partial charge on any atom is 0.0816 e. The first-order valence-electron chi connectivity index (χ1n) is 3.81. The summed E-state index contributed by atoms with van der Waals surface area (Å²) in [6.07, 6.45) is 0. The van der Waals surface area contributed by atoms with Crippen molar-refractivity contribution in [1.29, 1.82) is 0 Å². The highest BCUT2D eigenvalue weighted by molar-refractivity contribution is 7.80. The minimum atomic E-state index is 0.511. The molecule has 0 aliphatic rings. The lowest BCUT2D eigenvalue weighted by Gasteiger charge is -2.28. The molecular weight excluding hydrogens is 142 g/mol. The van der Waals surface area contributed by atoms with Crippen LogP contribution in [0.1, 0.15) is 13.8 Å². The fourth-order valence-corrected chi connectivity index (χ4v) is 1.11. The highest BCUT2D eigenvalue weighted by Crippen LogP contribution is 2.11. The second kappa shape index (κ2) is 3.63. The van der Waals surface area contributed by atoms with Crippen LogP contribution in [0.25, 0.3) is 0 Å². The van der Waals surface area contributed by atoms with Crippen LogP contribution in [0.5, 0.6) is 0 Å². The first kappa shape index (κ1) is 10.3. The summed E-state index contributed by atoms with van der Waals surface area (Å²) in [6.45, 7) is 5.61. The fourth-order valence-electron chi connectivity index (χ4n) is 1.02. The molecule has 0 radical (unpaired) electrons. The molecule has 62 valence electrons. The van der Waals surface area contributed by atoms with Crippen molar-refractivity contribution >= 4 is 12.6 Å². The Morgan fingerprint density at radius 3 is 1.70 bits per heavy atom. The fraction of sp³-hybridized carbons (Fsp3) is 1.00. The number of quaternary nitrogens is 1. The minimum absolute atomic E-state index is 0.511. The molecule has 0 aromatic heterocycles. The molecule has 2 atom stereocenters. The van der Waals surface area contributed by atoms with Gasteiger partial charge in [0.25, 0.3) is 0 Å². The largest absolute Gasteiger partial charge is 0.331 e. The lowest BCUT2D eigenvalue weighted by molar-refractivity contribution is -0.873. The predicted molar refractivity (Wildman–Crippen MR) is 50.5 cm³/mol. The van der Waals surface area contributed by atoms with E-state index in [0.717, 1.165) is 4.48 Å². The van der Waals surface area contributed by atoms with E-state index in [9.17, 15) is 0 Å². The van der Waals surface area contributed by atoms with Crippen LogP contribution in [0.2, 0.25) is 0 Å². The molecule has 0 aromatic carbocycles. The summed E-state index contributed by atoms with van der Waals surface area (Å²) in [6, 6.07) is 0. The Morgan fingerprint density at radius 2 is 1.60 bits per heavy atom. The van der Waals surface area contributed by atoms with Gasteiger partial charge in [0.2, 0.25) is 0 Å². The number of hydrogen-bond acceptors (Lipinski definition) is 1. The molecule has 0 bridgehead atoms. The minimum Gasteiger partial charge on any atom is -0.331 e. The van der Waals surface area contributed by atoms with Crippen molar-refractivity contribution < 1.29 is 4.48 Å². The van der Waals surface area contributed by atoms with Gasteiger partial charge >= 0.3 is 0 Å². The maximum absolute atomic E-state index is 4.39. The van der Waals surface area contributed by atoms with Crippen LogP contribution < -0.4 is 0 Å². The van der Waals surface area contributed by atoms with Gasteiger partial charge in [-0.1, -0.05) is 13.8 Å². The van der Waals surface area contributed by atoms with Crippen molar-refractivity contribution in [3.8, 4) is 0 Å². The van der Waals surface area contributed by atoms with Crippen molar-refractivity contribution in [1.82, 2.24) is 0 Å². The lowest BCUT2D eigenvalue weighted by Crippen LogP contribution is -2.40. The third-order valence-corrected chi connectivity index (χ3v) is 2.17. The second-order valence-corrected chi connectivity index (χ2v) is 5.01. The summed E-state index contributed by atoms with van der Waals surface area (Å²) in [7, 11) is 6.64. The molecule has 0 heterocycles. The molecule has 10 heavy (non-hydrogen) atoms. The van der Waals surface area contributed by atoms with E-state index in [1.54, 1.807) is 0 Å². The van der Waals surface area contributed by atoms with Gasteiger partial charge in [-0.2, -0.15) is 12.6 Å². The maximum atomic E-state index is 4.39. The Labute approximate surface area is 70.4 Å². The topological polar surface area (TPSA) is 0 Å². The normalized spacial score (nSPS) is 18.6. The summed E-state index contributed by atoms with van der Waals surface area (Å²) in [5.74, 6) is 0.698. The number of nitrogens with zero attached hydrogens (tertiary/aromatic N) is 1. The molecule has 0 saturated heterocycles. The Kier molecular flexibility index (Phi) is 3.74. The first-order chi connectivity index (χ1) is 4.33. The van der Waals surface area contributed by atoms with Gasteiger partial charge in [-0.3, -0.25) is 0 Å². The molecule has 0 aliphatic carbocycles. The molecule has 0 fully saturated rings. The third kappa shape index (κ3) is 5.12. The van der Waals surface area contributed by atoms with Gasteiger partial charge in [0.15, 0.2) is 0 Å². The van der Waals surface area contributed by atoms with Crippen LogP contribution >= 0.6 is 12.6 Å². The summed E-state index contributed by atoms with van der Waals surface area (Å²) >= 11 is 4.39. The Balaban J connectivity index is 3.68. The first-order valence-corrected chi connectivity index (χ1v) is 4.33. The molecule has 0 rings (SSSR count). The molecule has 0 aliphatic heterocycles. The Hall–Kier alpha value is 0.310. The monoisotopic (exact) mass is 162 g/mol. The van der Waals surface area contributed by atoms with Crippen LogP contribution in [0, 0.1) is 5.92 Å². The smallest absolute Gasteiger partial charge is 0.0816 e. The number of rotatable bonds is 3. The molecule has 0 amide bonds. The van der Waals surface area contributed by atoms with Crippen LogP contribution in [-0.4, -0.2) is 37.4 Å². The van der Waals surface area contributed by atoms with E-state index in [1.165, 1.54) is 6.54 Å². The van der Waals surface area contributed by atoms with Gasteiger partial charge in [0.05, 0.1) is 27.7 Å². The molecule has 0 aromatic rings. The number of thiol groups is 1. The van der Waals surface area contributed by atoms with E-state index in [4.69, 9.17) is 0 Å². The zero-order valence-electron chi connectivity index (χ0n) is 7.76.